The molecule has 0 unspecified atom stereocenters. The summed E-state index contributed by atoms with van der Waals surface area (Å²) in [4.78, 5) is 42.7. The molecular formula is C25H29N3O4S2. The first-order valence-electron chi connectivity index (χ1n) is 11.8. The molecule has 7 nitrogen and oxygen atoms in total. The number of nitrogens with one attached hydrogen (secondary N) is 2. The van der Waals surface area contributed by atoms with Crippen LogP contribution in [-0.4, -0.2) is 35.0 Å². The summed E-state index contributed by atoms with van der Waals surface area (Å²) in [5.41, 5.74) is 1.17. The average molecular weight is 500 g/mol. The van der Waals surface area contributed by atoms with Gasteiger partial charge in [0.2, 0.25) is 0 Å². The number of aryl methyl sites for hydroxylation is 1. The molecule has 4 bridgehead atoms. The van der Waals surface area contributed by atoms with Gasteiger partial charge in [0, 0.05) is 21.6 Å². The molecule has 2 aromatic rings. The zero-order valence-corrected chi connectivity index (χ0v) is 20.8. The second-order valence-electron chi connectivity index (χ2n) is 9.92. The number of urea groups is 1. The lowest BCUT2D eigenvalue weighted by Crippen LogP contribution is -2.62. The second kappa shape index (κ2) is 9.70. The molecule has 0 radical (unpaired) electrons. The van der Waals surface area contributed by atoms with E-state index in [9.17, 15) is 14.4 Å². The number of esters is 1. The number of carbonyl (C=O) groups excluding carboxylic acids is 3. The molecule has 6 rings (SSSR count). The van der Waals surface area contributed by atoms with E-state index in [0.717, 1.165) is 34.9 Å². The van der Waals surface area contributed by atoms with Gasteiger partial charge in [-0.25, -0.2) is 14.6 Å². The number of thioether (sulfide) groups is 1. The Bertz CT molecular complexity index is 1060. The molecule has 4 fully saturated rings. The molecule has 1 aromatic heterocycles. The van der Waals surface area contributed by atoms with Crippen LogP contribution in [0.2, 0.25) is 0 Å². The molecule has 4 aliphatic carbocycles. The van der Waals surface area contributed by atoms with Crippen LogP contribution in [0.15, 0.2) is 34.5 Å². The number of imide groups is 1. The SMILES string of the molecule is Cc1nc(CSc2ccccc2C(=O)OCC(=O)NC(=O)NC23CC4CC(CC(C4)C2)C3)cs1. The molecule has 34 heavy (non-hydrogen) atoms. The van der Waals surface area contributed by atoms with Crippen molar-refractivity contribution in [2.45, 2.75) is 61.6 Å². The number of amides is 3. The molecule has 3 amide bonds. The Morgan fingerprint density at radius 1 is 1.12 bits per heavy atom. The Hall–Kier alpha value is -2.39. The van der Waals surface area contributed by atoms with Crippen molar-refractivity contribution in [3.05, 3.63) is 45.9 Å². The van der Waals surface area contributed by atoms with Gasteiger partial charge in [-0.15, -0.1) is 23.1 Å². The van der Waals surface area contributed by atoms with E-state index in [4.69, 9.17) is 4.74 Å². The van der Waals surface area contributed by atoms with Crippen molar-refractivity contribution in [3.63, 3.8) is 0 Å². The van der Waals surface area contributed by atoms with Crippen LogP contribution in [0.5, 0.6) is 0 Å². The lowest BCUT2D eigenvalue weighted by molar-refractivity contribution is -0.123. The van der Waals surface area contributed by atoms with Crippen molar-refractivity contribution in [3.8, 4) is 0 Å². The van der Waals surface area contributed by atoms with E-state index in [-0.39, 0.29) is 5.54 Å². The molecule has 1 aromatic carbocycles. The van der Waals surface area contributed by atoms with Gasteiger partial charge in [-0.05, 0) is 75.3 Å². The van der Waals surface area contributed by atoms with Crippen molar-refractivity contribution in [2.75, 3.05) is 6.61 Å². The summed E-state index contributed by atoms with van der Waals surface area (Å²) in [5.74, 6) is 1.51. The zero-order chi connectivity index (χ0) is 23.7. The molecule has 0 aliphatic heterocycles. The molecular weight excluding hydrogens is 470 g/mol. The normalized spacial score (nSPS) is 26.8. The molecule has 0 atom stereocenters. The van der Waals surface area contributed by atoms with Gasteiger partial charge in [0.1, 0.15) is 0 Å². The van der Waals surface area contributed by atoms with Gasteiger partial charge in [0.25, 0.3) is 5.91 Å². The van der Waals surface area contributed by atoms with E-state index < -0.39 is 24.5 Å². The molecule has 2 N–H and O–H groups in total. The smallest absolute Gasteiger partial charge is 0.339 e. The first-order valence-corrected chi connectivity index (χ1v) is 13.7. The fourth-order valence-corrected chi connectivity index (χ4v) is 7.95. The van der Waals surface area contributed by atoms with Gasteiger partial charge in [-0.2, -0.15) is 0 Å². The Labute approximate surface area is 207 Å². The Morgan fingerprint density at radius 2 is 1.79 bits per heavy atom. The second-order valence-corrected chi connectivity index (χ2v) is 12.0. The van der Waals surface area contributed by atoms with Gasteiger partial charge >= 0.3 is 12.0 Å². The largest absolute Gasteiger partial charge is 0.452 e. The Balaban J connectivity index is 1.11. The summed E-state index contributed by atoms with van der Waals surface area (Å²) in [6.45, 7) is 1.45. The highest BCUT2D eigenvalue weighted by Gasteiger charge is 2.51. The van der Waals surface area contributed by atoms with Crippen molar-refractivity contribution in [1.82, 2.24) is 15.6 Å². The van der Waals surface area contributed by atoms with Crippen LogP contribution in [0, 0.1) is 24.7 Å². The van der Waals surface area contributed by atoms with E-state index >= 15 is 0 Å². The van der Waals surface area contributed by atoms with Gasteiger partial charge in [-0.3, -0.25) is 10.1 Å². The quantitative estimate of drug-likeness (QED) is 0.424. The van der Waals surface area contributed by atoms with Crippen LogP contribution in [0.4, 0.5) is 4.79 Å². The molecule has 4 aliphatic rings. The van der Waals surface area contributed by atoms with Gasteiger partial charge in [-0.1, -0.05) is 12.1 Å². The topological polar surface area (TPSA) is 97.4 Å². The summed E-state index contributed by atoms with van der Waals surface area (Å²) in [7, 11) is 0. The Morgan fingerprint density at radius 3 is 2.44 bits per heavy atom. The van der Waals surface area contributed by atoms with E-state index in [1.165, 1.54) is 31.0 Å². The molecule has 9 heteroatoms. The van der Waals surface area contributed by atoms with Gasteiger partial charge in [0.05, 0.1) is 16.3 Å². The fraction of sp³-hybridized carbons (Fsp3) is 0.520. The minimum absolute atomic E-state index is 0.179. The standard InChI is InChI=1S/C25H29N3O4S2/c1-15-26-19(13-33-15)14-34-21-5-3-2-4-20(21)23(30)32-12-22(29)27-24(31)28-25-9-16-6-17(10-25)8-18(7-16)11-25/h2-5,13,16-18H,6-12,14H2,1H3,(H2,27,28,29,31). The predicted octanol–water partition coefficient (Wildman–Crippen LogP) is 4.70. The minimum Gasteiger partial charge on any atom is -0.452 e. The van der Waals surface area contributed by atoms with Crippen molar-refractivity contribution >= 4 is 41.0 Å². The van der Waals surface area contributed by atoms with E-state index in [0.29, 0.717) is 29.1 Å². The van der Waals surface area contributed by atoms with E-state index in [1.807, 2.05) is 24.4 Å². The third-order valence-corrected chi connectivity index (χ3v) is 9.08. The number of carbonyl (C=O) groups is 3. The summed E-state index contributed by atoms with van der Waals surface area (Å²) in [6.07, 6.45) is 6.85. The molecule has 0 saturated heterocycles. The fourth-order valence-electron chi connectivity index (χ4n) is 6.29. The van der Waals surface area contributed by atoms with Crippen LogP contribution in [0.25, 0.3) is 0 Å². The maximum atomic E-state index is 12.6. The van der Waals surface area contributed by atoms with Gasteiger partial charge in [0.15, 0.2) is 6.61 Å². The van der Waals surface area contributed by atoms with Crippen LogP contribution in [0.1, 0.15) is 59.6 Å². The van der Waals surface area contributed by atoms with Crippen LogP contribution in [0.3, 0.4) is 0 Å². The number of hydrogen-bond donors (Lipinski definition) is 2. The first-order chi connectivity index (χ1) is 16.4. The number of hydrogen-bond acceptors (Lipinski definition) is 7. The van der Waals surface area contributed by atoms with Crippen molar-refractivity contribution in [2.24, 2.45) is 17.8 Å². The highest BCUT2D eigenvalue weighted by atomic mass is 32.2. The lowest BCUT2D eigenvalue weighted by atomic mass is 9.53. The zero-order valence-electron chi connectivity index (χ0n) is 19.2. The molecule has 4 saturated carbocycles. The van der Waals surface area contributed by atoms with Crippen LogP contribution >= 0.6 is 23.1 Å². The minimum atomic E-state index is -0.626. The maximum Gasteiger partial charge on any atom is 0.339 e. The molecule has 0 spiro atoms. The number of ether oxygens (including phenoxy) is 1. The van der Waals surface area contributed by atoms with E-state index in [1.54, 1.807) is 23.5 Å². The average Bonchev–Trinajstić information content (AvgIpc) is 3.20. The number of nitrogens with zero attached hydrogens (tertiary/aromatic N) is 1. The lowest BCUT2D eigenvalue weighted by Gasteiger charge is -2.56. The summed E-state index contributed by atoms with van der Waals surface area (Å²) >= 11 is 3.09. The van der Waals surface area contributed by atoms with E-state index in [2.05, 4.69) is 15.6 Å². The highest BCUT2D eigenvalue weighted by molar-refractivity contribution is 7.98. The Kier molecular flexibility index (Phi) is 6.66. The number of benzene rings is 1. The van der Waals surface area contributed by atoms with Crippen molar-refractivity contribution < 1.29 is 19.1 Å². The summed E-state index contributed by atoms with van der Waals surface area (Å²) < 4.78 is 5.22. The molecule has 180 valence electrons. The third kappa shape index (κ3) is 5.30. The number of rotatable bonds is 7. The van der Waals surface area contributed by atoms with Gasteiger partial charge < -0.3 is 10.1 Å². The summed E-state index contributed by atoms with van der Waals surface area (Å²) in [5, 5.41) is 8.45. The first kappa shape index (κ1) is 23.4. The maximum absolute atomic E-state index is 12.6. The third-order valence-electron chi connectivity index (χ3n) is 7.15. The highest BCUT2D eigenvalue weighted by Crippen LogP contribution is 2.55. The molecule has 1 heterocycles. The van der Waals surface area contributed by atoms with Crippen LogP contribution < -0.4 is 10.6 Å². The van der Waals surface area contributed by atoms with Crippen molar-refractivity contribution in [1.29, 1.82) is 0 Å². The predicted molar refractivity (Wildman–Crippen MR) is 131 cm³/mol. The summed E-state index contributed by atoms with van der Waals surface area (Å²) in [6, 6.07) is 6.64. The number of aromatic nitrogens is 1. The number of thiazole rings is 1. The van der Waals surface area contributed by atoms with Crippen LogP contribution in [-0.2, 0) is 15.3 Å². The monoisotopic (exact) mass is 499 g/mol.